The topological polar surface area (TPSA) is 0 Å². The third kappa shape index (κ3) is 10.4. The fourth-order valence-corrected chi connectivity index (χ4v) is 0. The summed E-state index contributed by atoms with van der Waals surface area (Å²) in [6.07, 6.45) is 0. The summed E-state index contributed by atoms with van der Waals surface area (Å²) in [5, 5.41) is 0. The molecule has 0 N–H and O–H groups in total. The van der Waals surface area contributed by atoms with E-state index in [0.29, 0.717) is 0 Å². The van der Waals surface area contributed by atoms with Crippen molar-refractivity contribution in [3.63, 3.8) is 0 Å². The van der Waals surface area contributed by atoms with Crippen molar-refractivity contribution in [3.8, 4) is 0 Å². The van der Waals surface area contributed by atoms with Crippen LogP contribution in [0.25, 0.3) is 0 Å². The maximum atomic E-state index is 0. The first-order chi connectivity index (χ1) is 0. The first-order valence-corrected chi connectivity index (χ1v) is 0. The van der Waals surface area contributed by atoms with Crippen molar-refractivity contribution < 1.29 is 39.9 Å². The third-order valence-corrected chi connectivity index (χ3v) is 0. The van der Waals surface area contributed by atoms with Crippen LogP contribution >= 0.6 is 0 Å². The molecular formula is C2H8PdRu. The second-order valence-corrected chi connectivity index (χ2v) is 0. The van der Waals surface area contributed by atoms with Gasteiger partial charge in [0.15, 0.2) is 0 Å². The summed E-state index contributed by atoms with van der Waals surface area (Å²) in [5.41, 5.74) is 0. The van der Waals surface area contributed by atoms with Gasteiger partial charge >= 0.3 is 0 Å². The molecule has 0 aromatic carbocycles. The Morgan fingerprint density at radius 3 is 0.750 bits per heavy atom. The fraction of sp³-hybridized carbons (Fsp3) is 1.00. The second-order valence-electron chi connectivity index (χ2n) is 0. The fourth-order valence-electron chi connectivity index (χ4n) is 0. The first-order valence-electron chi connectivity index (χ1n) is 0. The van der Waals surface area contributed by atoms with Crippen LogP contribution in [0.3, 0.4) is 0 Å². The average Bonchev–Trinajstić information content (AvgIpc) is 0. The van der Waals surface area contributed by atoms with E-state index in [0.717, 1.165) is 0 Å². The molecule has 0 heterocycles. The van der Waals surface area contributed by atoms with Gasteiger partial charge in [0.2, 0.25) is 0 Å². The molecule has 0 bridgehead atoms. The molecule has 0 nitrogen and oxygen atoms in total. The Labute approximate surface area is 54.8 Å². The molecule has 0 atom stereocenters. The Kier molecular flexibility index (Phi) is 411. The summed E-state index contributed by atoms with van der Waals surface area (Å²) in [7, 11) is 0. The Balaban J connectivity index is 0. The van der Waals surface area contributed by atoms with Gasteiger partial charge in [-0.3, -0.25) is 0 Å². The van der Waals surface area contributed by atoms with Crippen LogP contribution in [0.1, 0.15) is 14.9 Å². The molecule has 0 aliphatic carbocycles. The first kappa shape index (κ1) is 58.7. The minimum atomic E-state index is 0. The van der Waals surface area contributed by atoms with E-state index in [-0.39, 0.29) is 54.8 Å². The van der Waals surface area contributed by atoms with Gasteiger partial charge in [-0.15, -0.1) is 0 Å². The van der Waals surface area contributed by atoms with E-state index in [9.17, 15) is 0 Å². The molecule has 0 aliphatic heterocycles. The number of rotatable bonds is 0. The van der Waals surface area contributed by atoms with Gasteiger partial charge in [0, 0.05) is 39.9 Å². The maximum absolute atomic E-state index is 0. The van der Waals surface area contributed by atoms with Crippen LogP contribution in [0.2, 0.25) is 0 Å². The van der Waals surface area contributed by atoms with Crippen molar-refractivity contribution in [1.82, 2.24) is 0 Å². The Morgan fingerprint density at radius 1 is 0.750 bits per heavy atom. The molecule has 0 amide bonds. The molecule has 34 valence electrons. The van der Waals surface area contributed by atoms with E-state index in [1.165, 1.54) is 0 Å². The van der Waals surface area contributed by atoms with Crippen LogP contribution in [0.4, 0.5) is 0 Å². The quantitative estimate of drug-likeness (QED) is 0.559. The summed E-state index contributed by atoms with van der Waals surface area (Å²) in [6, 6.07) is 0. The molecule has 0 unspecified atom stereocenters. The minimum Gasteiger partial charge on any atom is -0.0776 e. The maximum Gasteiger partial charge on any atom is 0 e. The van der Waals surface area contributed by atoms with Gasteiger partial charge in [0.05, 0.1) is 0 Å². The van der Waals surface area contributed by atoms with Gasteiger partial charge in [-0.25, -0.2) is 0 Å². The Morgan fingerprint density at radius 2 is 0.750 bits per heavy atom. The van der Waals surface area contributed by atoms with Crippen molar-refractivity contribution >= 4 is 0 Å². The van der Waals surface area contributed by atoms with Crippen LogP contribution in [0.15, 0.2) is 0 Å². The standard InChI is InChI=1S/2CH4.Pd.Ru/h2*1H4;;. The Hall–Kier alpha value is 1.29. The van der Waals surface area contributed by atoms with Crippen LogP contribution in [0, 0.1) is 0 Å². The molecule has 0 fully saturated rings. The van der Waals surface area contributed by atoms with Crippen molar-refractivity contribution in [2.75, 3.05) is 0 Å². The van der Waals surface area contributed by atoms with Crippen LogP contribution in [-0.2, 0) is 39.9 Å². The van der Waals surface area contributed by atoms with Gasteiger partial charge < -0.3 is 0 Å². The van der Waals surface area contributed by atoms with Gasteiger partial charge in [0.1, 0.15) is 0 Å². The zero-order valence-corrected chi connectivity index (χ0v) is 3.96. The molecule has 0 aromatic rings. The molecule has 0 aromatic heterocycles. The van der Waals surface area contributed by atoms with E-state index >= 15 is 0 Å². The van der Waals surface area contributed by atoms with E-state index in [2.05, 4.69) is 0 Å². The van der Waals surface area contributed by atoms with Crippen LogP contribution in [0.5, 0.6) is 0 Å². The summed E-state index contributed by atoms with van der Waals surface area (Å²) < 4.78 is 0. The predicted molar refractivity (Wildman–Crippen MR) is 13.5 cm³/mol. The minimum absolute atomic E-state index is 0. The molecule has 0 saturated heterocycles. The predicted octanol–water partition coefficient (Wildman–Crippen LogP) is 1.27. The van der Waals surface area contributed by atoms with E-state index in [4.69, 9.17) is 0 Å². The van der Waals surface area contributed by atoms with E-state index in [1.807, 2.05) is 0 Å². The van der Waals surface area contributed by atoms with Crippen molar-refractivity contribution in [2.45, 2.75) is 14.9 Å². The third-order valence-electron chi connectivity index (χ3n) is 0. The molecular weight excluding hydrogens is 232 g/mol. The zero-order chi connectivity index (χ0) is 0. The summed E-state index contributed by atoms with van der Waals surface area (Å²) in [5.74, 6) is 0. The molecule has 0 saturated carbocycles. The second kappa shape index (κ2) is 28.0. The van der Waals surface area contributed by atoms with Gasteiger partial charge in [-0.2, -0.15) is 0 Å². The number of hydrogen-bond donors (Lipinski definition) is 0. The summed E-state index contributed by atoms with van der Waals surface area (Å²) in [4.78, 5) is 0. The zero-order valence-electron chi connectivity index (χ0n) is 0.670. The van der Waals surface area contributed by atoms with Crippen molar-refractivity contribution in [2.24, 2.45) is 0 Å². The molecule has 4 heavy (non-hydrogen) atoms. The van der Waals surface area contributed by atoms with Crippen LogP contribution < -0.4 is 0 Å². The van der Waals surface area contributed by atoms with E-state index < -0.39 is 0 Å². The number of hydrogen-bond acceptors (Lipinski definition) is 0. The van der Waals surface area contributed by atoms with Gasteiger partial charge in [0.25, 0.3) is 0 Å². The largest absolute Gasteiger partial charge is 0.0776 e. The summed E-state index contributed by atoms with van der Waals surface area (Å²) in [6.45, 7) is 0. The SMILES string of the molecule is C.C.[Pd].[Ru]. The van der Waals surface area contributed by atoms with Gasteiger partial charge in [-0.1, -0.05) is 14.9 Å². The van der Waals surface area contributed by atoms with Crippen LogP contribution in [-0.4, -0.2) is 0 Å². The van der Waals surface area contributed by atoms with E-state index in [1.54, 1.807) is 0 Å². The normalized spacial score (nSPS) is 0. The van der Waals surface area contributed by atoms with Crippen molar-refractivity contribution in [3.05, 3.63) is 0 Å². The molecule has 0 rings (SSSR count). The Bertz CT molecular complexity index is 6.00. The molecule has 0 radical (unpaired) electrons. The molecule has 0 aliphatic rings. The average molecular weight is 240 g/mol. The van der Waals surface area contributed by atoms with Gasteiger partial charge in [-0.05, 0) is 0 Å². The summed E-state index contributed by atoms with van der Waals surface area (Å²) >= 11 is 0. The molecule has 2 heteroatoms. The molecule has 0 spiro atoms. The van der Waals surface area contributed by atoms with Crippen molar-refractivity contribution in [1.29, 1.82) is 0 Å². The smallest absolute Gasteiger partial charge is 0 e. The monoisotopic (exact) mass is 240 g/mol.